The van der Waals surface area contributed by atoms with Crippen LogP contribution in [0.15, 0.2) is 4.42 Å². The molecule has 0 N–H and O–H groups in total. The second kappa shape index (κ2) is 6.69. The summed E-state index contributed by atoms with van der Waals surface area (Å²) < 4.78 is 5.43. The van der Waals surface area contributed by atoms with Crippen molar-refractivity contribution in [3.63, 3.8) is 0 Å². The Morgan fingerprint density at radius 2 is 2.10 bits per heavy atom. The maximum Gasteiger partial charge on any atom is 0.242 e. The highest BCUT2D eigenvalue weighted by Gasteiger charge is 2.30. The zero-order valence-corrected chi connectivity index (χ0v) is 12.8. The average molecular weight is 294 g/mol. The minimum absolute atomic E-state index is 0.0537. The number of carbonyl (C=O) groups excluding carboxylic acids is 2. The number of amides is 2. The molecule has 116 valence electrons. The molecular weight excluding hydrogens is 272 g/mol. The van der Waals surface area contributed by atoms with Gasteiger partial charge in [0.15, 0.2) is 0 Å². The first-order valence-electron chi connectivity index (χ1n) is 7.43. The molecule has 0 bridgehead atoms. The molecule has 0 aromatic carbocycles. The van der Waals surface area contributed by atoms with Crippen LogP contribution in [-0.2, 0) is 22.6 Å². The van der Waals surface area contributed by atoms with Gasteiger partial charge in [-0.05, 0) is 20.3 Å². The monoisotopic (exact) mass is 294 g/mol. The lowest BCUT2D eigenvalue weighted by Gasteiger charge is -2.25. The average Bonchev–Trinajstić information content (AvgIpc) is 3.06. The Labute approximate surface area is 124 Å². The van der Waals surface area contributed by atoms with E-state index in [4.69, 9.17) is 4.42 Å². The standard InChI is InChI=1S/C14H22N4O3/c1-4-11-15-16-12(21-11)8-17(5-2)14(20)9-18-10(3)6-7-13(18)19/h10H,4-9H2,1-3H3. The van der Waals surface area contributed by atoms with Gasteiger partial charge >= 0.3 is 0 Å². The van der Waals surface area contributed by atoms with E-state index in [0.717, 1.165) is 6.42 Å². The van der Waals surface area contributed by atoms with Crippen LogP contribution in [0.2, 0.25) is 0 Å². The minimum atomic E-state index is -0.0872. The molecule has 1 aliphatic heterocycles. The Balaban J connectivity index is 1.96. The Hall–Kier alpha value is -1.92. The van der Waals surface area contributed by atoms with Crippen molar-refractivity contribution in [3.8, 4) is 0 Å². The predicted molar refractivity (Wildman–Crippen MR) is 75.2 cm³/mol. The normalized spacial score (nSPS) is 18.3. The molecule has 0 spiro atoms. The van der Waals surface area contributed by atoms with Gasteiger partial charge in [-0.15, -0.1) is 10.2 Å². The van der Waals surface area contributed by atoms with Crippen LogP contribution in [-0.4, -0.2) is 50.9 Å². The summed E-state index contributed by atoms with van der Waals surface area (Å²) in [7, 11) is 0. The molecule has 2 rings (SSSR count). The van der Waals surface area contributed by atoms with Crippen LogP contribution < -0.4 is 0 Å². The molecule has 0 saturated carbocycles. The minimum Gasteiger partial charge on any atom is -0.423 e. The third-order valence-electron chi connectivity index (χ3n) is 3.81. The van der Waals surface area contributed by atoms with Crippen molar-refractivity contribution < 1.29 is 14.0 Å². The highest BCUT2D eigenvalue weighted by atomic mass is 16.4. The summed E-state index contributed by atoms with van der Waals surface area (Å²) >= 11 is 0. The number of likely N-dealkylation sites (tertiary alicyclic amines) is 1. The molecule has 1 fully saturated rings. The van der Waals surface area contributed by atoms with E-state index in [9.17, 15) is 9.59 Å². The number of hydrogen-bond donors (Lipinski definition) is 0. The van der Waals surface area contributed by atoms with E-state index in [0.29, 0.717) is 37.7 Å². The molecule has 7 heteroatoms. The van der Waals surface area contributed by atoms with Crippen molar-refractivity contribution in [1.82, 2.24) is 20.0 Å². The van der Waals surface area contributed by atoms with E-state index < -0.39 is 0 Å². The molecule has 2 amide bonds. The summed E-state index contributed by atoms with van der Waals surface area (Å²) in [6, 6.07) is 0.134. The summed E-state index contributed by atoms with van der Waals surface area (Å²) in [5, 5.41) is 7.82. The molecule has 7 nitrogen and oxygen atoms in total. The Morgan fingerprint density at radius 1 is 1.38 bits per heavy atom. The van der Waals surface area contributed by atoms with E-state index in [1.54, 1.807) is 9.80 Å². The third-order valence-corrected chi connectivity index (χ3v) is 3.81. The molecule has 21 heavy (non-hydrogen) atoms. The van der Waals surface area contributed by atoms with Gasteiger partial charge in [0, 0.05) is 25.4 Å². The first-order chi connectivity index (χ1) is 10.0. The Kier molecular flexibility index (Phi) is 4.93. The zero-order chi connectivity index (χ0) is 15.4. The number of aryl methyl sites for hydroxylation is 1. The van der Waals surface area contributed by atoms with Crippen molar-refractivity contribution in [2.45, 2.75) is 52.6 Å². The summed E-state index contributed by atoms with van der Waals surface area (Å²) in [5.41, 5.74) is 0. The SMILES string of the molecule is CCc1nnc(CN(CC)C(=O)CN2C(=O)CCC2C)o1. The predicted octanol–water partition coefficient (Wildman–Crippen LogP) is 0.991. The van der Waals surface area contributed by atoms with Crippen LogP contribution in [0.3, 0.4) is 0 Å². The van der Waals surface area contributed by atoms with E-state index in [2.05, 4.69) is 10.2 Å². The fraction of sp³-hybridized carbons (Fsp3) is 0.714. The molecule has 1 saturated heterocycles. The van der Waals surface area contributed by atoms with Crippen molar-refractivity contribution in [3.05, 3.63) is 11.8 Å². The smallest absolute Gasteiger partial charge is 0.242 e. The van der Waals surface area contributed by atoms with E-state index in [1.807, 2.05) is 20.8 Å². The summed E-state index contributed by atoms with van der Waals surface area (Å²) in [6.07, 6.45) is 2.03. The summed E-state index contributed by atoms with van der Waals surface area (Å²) in [5.74, 6) is 0.966. The van der Waals surface area contributed by atoms with Gasteiger partial charge in [0.05, 0.1) is 6.54 Å². The zero-order valence-electron chi connectivity index (χ0n) is 12.8. The fourth-order valence-electron chi connectivity index (χ4n) is 2.40. The number of carbonyl (C=O) groups is 2. The number of nitrogens with zero attached hydrogens (tertiary/aromatic N) is 4. The van der Waals surface area contributed by atoms with Crippen LogP contribution in [0.5, 0.6) is 0 Å². The second-order valence-corrected chi connectivity index (χ2v) is 5.26. The lowest BCUT2D eigenvalue weighted by molar-refractivity contribution is -0.139. The fourth-order valence-corrected chi connectivity index (χ4v) is 2.40. The van der Waals surface area contributed by atoms with E-state index in [-0.39, 0.29) is 24.4 Å². The van der Waals surface area contributed by atoms with Crippen LogP contribution >= 0.6 is 0 Å². The molecule has 1 atom stereocenters. The van der Waals surface area contributed by atoms with Crippen LogP contribution in [0.4, 0.5) is 0 Å². The van der Waals surface area contributed by atoms with Crippen molar-refractivity contribution in [1.29, 1.82) is 0 Å². The van der Waals surface area contributed by atoms with Crippen LogP contribution in [0.25, 0.3) is 0 Å². The van der Waals surface area contributed by atoms with E-state index in [1.165, 1.54) is 0 Å². The first kappa shape index (κ1) is 15.5. The molecule has 2 heterocycles. The van der Waals surface area contributed by atoms with Gasteiger partial charge in [-0.25, -0.2) is 0 Å². The van der Waals surface area contributed by atoms with Gasteiger partial charge in [-0.3, -0.25) is 9.59 Å². The van der Waals surface area contributed by atoms with Crippen molar-refractivity contribution in [2.75, 3.05) is 13.1 Å². The molecule has 1 unspecified atom stereocenters. The van der Waals surface area contributed by atoms with Crippen LogP contribution in [0, 0.1) is 0 Å². The highest BCUT2D eigenvalue weighted by molar-refractivity contribution is 5.86. The van der Waals surface area contributed by atoms with Crippen molar-refractivity contribution in [2.24, 2.45) is 0 Å². The maximum absolute atomic E-state index is 12.3. The number of aromatic nitrogens is 2. The van der Waals surface area contributed by atoms with Crippen molar-refractivity contribution >= 4 is 11.8 Å². The molecule has 0 radical (unpaired) electrons. The molecule has 1 aromatic heterocycles. The summed E-state index contributed by atoms with van der Waals surface area (Å²) in [4.78, 5) is 27.4. The van der Waals surface area contributed by atoms with Gasteiger partial charge in [0.25, 0.3) is 0 Å². The first-order valence-corrected chi connectivity index (χ1v) is 7.43. The van der Waals surface area contributed by atoms with Gasteiger partial charge in [0.2, 0.25) is 23.6 Å². The molecule has 1 aliphatic rings. The lowest BCUT2D eigenvalue weighted by Crippen LogP contribution is -2.42. The van der Waals surface area contributed by atoms with Gasteiger partial charge < -0.3 is 14.2 Å². The van der Waals surface area contributed by atoms with Gasteiger partial charge in [-0.2, -0.15) is 0 Å². The third kappa shape index (κ3) is 3.59. The molecular formula is C14H22N4O3. The molecule has 1 aromatic rings. The number of likely N-dealkylation sites (N-methyl/N-ethyl adjacent to an activating group) is 1. The Morgan fingerprint density at radius 3 is 2.62 bits per heavy atom. The quantitative estimate of drug-likeness (QED) is 0.781. The van der Waals surface area contributed by atoms with Gasteiger partial charge in [0.1, 0.15) is 6.54 Å². The van der Waals surface area contributed by atoms with Gasteiger partial charge in [-0.1, -0.05) is 6.92 Å². The van der Waals surface area contributed by atoms with Crippen LogP contribution in [0.1, 0.15) is 45.4 Å². The molecule has 0 aliphatic carbocycles. The highest BCUT2D eigenvalue weighted by Crippen LogP contribution is 2.18. The largest absolute Gasteiger partial charge is 0.423 e. The number of rotatable bonds is 6. The Bertz CT molecular complexity index is 514. The lowest BCUT2D eigenvalue weighted by atomic mass is 10.2. The second-order valence-electron chi connectivity index (χ2n) is 5.26. The maximum atomic E-state index is 12.3. The number of hydrogen-bond acceptors (Lipinski definition) is 5. The summed E-state index contributed by atoms with van der Waals surface area (Å²) in [6.45, 7) is 6.76. The van der Waals surface area contributed by atoms with E-state index >= 15 is 0 Å². The topological polar surface area (TPSA) is 79.5 Å².